The number of benzene rings is 1. The Kier molecular flexibility index (Phi) is 6.19. The van der Waals surface area contributed by atoms with E-state index in [1.54, 1.807) is 0 Å². The lowest BCUT2D eigenvalue weighted by Gasteiger charge is -2.39. The summed E-state index contributed by atoms with van der Waals surface area (Å²) < 4.78 is 18.3. The molecule has 0 atom stereocenters. The Morgan fingerprint density at radius 2 is 1.50 bits per heavy atom. The van der Waals surface area contributed by atoms with E-state index in [-0.39, 0.29) is 23.0 Å². The van der Waals surface area contributed by atoms with Crippen molar-refractivity contribution in [2.45, 2.75) is 72.0 Å². The van der Waals surface area contributed by atoms with Crippen molar-refractivity contribution in [1.82, 2.24) is 0 Å². The zero-order valence-corrected chi connectivity index (χ0v) is 19.2. The molecule has 0 amide bonds. The van der Waals surface area contributed by atoms with Gasteiger partial charge in [0.2, 0.25) is 0 Å². The molecule has 0 radical (unpaired) electrons. The Morgan fingerprint density at radius 1 is 1.00 bits per heavy atom. The van der Waals surface area contributed by atoms with Crippen LogP contribution in [0.3, 0.4) is 0 Å². The molecule has 1 saturated heterocycles. The van der Waals surface area contributed by atoms with E-state index >= 15 is 0 Å². The minimum atomic E-state index is -1.74. The third-order valence-electron chi connectivity index (χ3n) is 5.82. The van der Waals surface area contributed by atoms with Gasteiger partial charge in [0.1, 0.15) is 0 Å². The molecule has 0 bridgehead atoms. The normalized spacial score (nSPS) is 18.9. The molecule has 26 heavy (non-hydrogen) atoms. The molecule has 1 aliphatic heterocycles. The van der Waals surface area contributed by atoms with Crippen molar-refractivity contribution in [2.75, 3.05) is 19.8 Å². The van der Waals surface area contributed by atoms with Crippen molar-refractivity contribution in [3.63, 3.8) is 0 Å². The second-order valence-electron chi connectivity index (χ2n) is 10.7. The van der Waals surface area contributed by atoms with Gasteiger partial charge in [0.15, 0.2) is 8.32 Å². The highest BCUT2D eigenvalue weighted by Crippen LogP contribution is 2.38. The van der Waals surface area contributed by atoms with Gasteiger partial charge < -0.3 is 13.7 Å². The van der Waals surface area contributed by atoms with E-state index in [1.807, 2.05) is 0 Å². The van der Waals surface area contributed by atoms with Crippen LogP contribution in [0, 0.1) is 5.41 Å². The molecular formula is C21H37BO3Si. The van der Waals surface area contributed by atoms with Crippen LogP contribution < -0.4 is 5.46 Å². The molecule has 1 fully saturated rings. The molecule has 1 aromatic rings. The van der Waals surface area contributed by atoms with Gasteiger partial charge in [-0.15, -0.1) is 0 Å². The van der Waals surface area contributed by atoms with E-state index in [2.05, 4.69) is 85.8 Å². The largest absolute Gasteiger partial charge is 0.493 e. The summed E-state index contributed by atoms with van der Waals surface area (Å²) >= 11 is 0. The maximum absolute atomic E-state index is 6.47. The lowest BCUT2D eigenvalue weighted by molar-refractivity contribution is 0.0343. The second-order valence-corrected chi connectivity index (χ2v) is 15.5. The van der Waals surface area contributed by atoms with Crippen molar-refractivity contribution in [3.05, 3.63) is 29.8 Å². The summed E-state index contributed by atoms with van der Waals surface area (Å²) in [6, 6.07) is 8.65. The lowest BCUT2D eigenvalue weighted by atomic mass is 9.74. The van der Waals surface area contributed by atoms with Crippen LogP contribution in [-0.4, -0.2) is 35.3 Å². The summed E-state index contributed by atoms with van der Waals surface area (Å²) in [5.41, 5.74) is 2.45. The Bertz CT molecular complexity index is 593. The quantitative estimate of drug-likeness (QED) is 0.694. The minimum Gasteiger partial charge on any atom is -0.416 e. The van der Waals surface area contributed by atoms with Crippen LogP contribution in [0.5, 0.6) is 0 Å². The standard InChI is InChI=1S/C21H37BO3Si/c1-19(2,3)26(8,9)25-16-21(6,7)17-10-12-18(13-11-17)22-23-14-20(4,5)15-24-22/h10-13H,14-16H2,1-9H3. The summed E-state index contributed by atoms with van der Waals surface area (Å²) in [5, 5.41) is 0.233. The Hall–Kier alpha value is -0.618. The molecule has 1 heterocycles. The first-order valence-electron chi connectivity index (χ1n) is 9.71. The fraction of sp³-hybridized carbons (Fsp3) is 0.714. The molecule has 0 saturated carbocycles. The molecule has 3 nitrogen and oxygen atoms in total. The van der Waals surface area contributed by atoms with E-state index < -0.39 is 8.32 Å². The fourth-order valence-corrected chi connectivity index (χ4v) is 3.79. The van der Waals surface area contributed by atoms with Crippen molar-refractivity contribution < 1.29 is 13.7 Å². The van der Waals surface area contributed by atoms with Crippen LogP contribution in [0.15, 0.2) is 24.3 Å². The highest BCUT2D eigenvalue weighted by Gasteiger charge is 2.39. The van der Waals surface area contributed by atoms with Gasteiger partial charge >= 0.3 is 7.12 Å². The molecule has 146 valence electrons. The molecule has 0 aromatic heterocycles. The first kappa shape index (κ1) is 21.7. The van der Waals surface area contributed by atoms with Crippen molar-refractivity contribution in [2.24, 2.45) is 5.41 Å². The number of hydrogen-bond donors (Lipinski definition) is 0. The Balaban J connectivity index is 2.02. The van der Waals surface area contributed by atoms with E-state index in [0.29, 0.717) is 0 Å². The minimum absolute atomic E-state index is 0.0235. The maximum Gasteiger partial charge on any atom is 0.493 e. The average Bonchev–Trinajstić information content (AvgIpc) is 2.52. The van der Waals surface area contributed by atoms with E-state index in [4.69, 9.17) is 13.7 Å². The molecule has 0 aliphatic carbocycles. The van der Waals surface area contributed by atoms with Crippen LogP contribution in [0.25, 0.3) is 0 Å². The summed E-state index contributed by atoms with van der Waals surface area (Å²) in [6.45, 7) is 22.5. The van der Waals surface area contributed by atoms with Gasteiger partial charge in [-0.05, 0) is 29.2 Å². The first-order chi connectivity index (χ1) is 11.7. The number of rotatable bonds is 5. The van der Waals surface area contributed by atoms with Gasteiger partial charge in [0.25, 0.3) is 0 Å². The molecule has 5 heteroatoms. The molecule has 0 spiro atoms. The molecule has 1 aliphatic rings. The summed E-state index contributed by atoms with van der Waals surface area (Å²) in [4.78, 5) is 0. The van der Waals surface area contributed by atoms with Gasteiger partial charge in [0, 0.05) is 30.7 Å². The van der Waals surface area contributed by atoms with E-state index in [9.17, 15) is 0 Å². The van der Waals surface area contributed by atoms with Crippen molar-refractivity contribution >= 4 is 20.9 Å². The SMILES string of the molecule is CC1(C)COB(c2ccc(C(C)(C)CO[Si](C)(C)C(C)(C)C)cc2)OC1. The topological polar surface area (TPSA) is 27.7 Å². The Labute approximate surface area is 162 Å². The predicted octanol–water partition coefficient (Wildman–Crippen LogP) is 4.75. The molecule has 2 rings (SSSR count). The van der Waals surface area contributed by atoms with Gasteiger partial charge in [-0.1, -0.05) is 72.7 Å². The summed E-state index contributed by atoms with van der Waals surface area (Å²) in [5.74, 6) is 0. The lowest BCUT2D eigenvalue weighted by Crippen LogP contribution is -2.47. The zero-order valence-electron chi connectivity index (χ0n) is 18.2. The summed E-state index contributed by atoms with van der Waals surface area (Å²) in [7, 11) is -1.99. The van der Waals surface area contributed by atoms with Gasteiger partial charge in [-0.3, -0.25) is 0 Å². The molecular weight excluding hydrogens is 339 g/mol. The van der Waals surface area contributed by atoms with Gasteiger partial charge in [0.05, 0.1) is 0 Å². The third-order valence-corrected chi connectivity index (χ3v) is 10.3. The van der Waals surface area contributed by atoms with Gasteiger partial charge in [-0.25, -0.2) is 0 Å². The van der Waals surface area contributed by atoms with Gasteiger partial charge in [-0.2, -0.15) is 0 Å². The maximum atomic E-state index is 6.47. The highest BCUT2D eigenvalue weighted by atomic mass is 28.4. The number of hydrogen-bond acceptors (Lipinski definition) is 3. The van der Waals surface area contributed by atoms with E-state index in [0.717, 1.165) is 25.3 Å². The summed E-state index contributed by atoms with van der Waals surface area (Å²) in [6.07, 6.45) is 0. The highest BCUT2D eigenvalue weighted by molar-refractivity contribution is 6.74. The predicted molar refractivity (Wildman–Crippen MR) is 114 cm³/mol. The second kappa shape index (κ2) is 7.42. The first-order valence-corrected chi connectivity index (χ1v) is 12.6. The Morgan fingerprint density at radius 3 is 1.96 bits per heavy atom. The third kappa shape index (κ3) is 5.22. The molecule has 1 aromatic carbocycles. The van der Waals surface area contributed by atoms with E-state index in [1.165, 1.54) is 5.56 Å². The smallest absolute Gasteiger partial charge is 0.416 e. The zero-order chi connectivity index (χ0) is 19.8. The molecule has 0 unspecified atom stereocenters. The monoisotopic (exact) mass is 376 g/mol. The average molecular weight is 376 g/mol. The van der Waals surface area contributed by atoms with Crippen molar-refractivity contribution in [3.8, 4) is 0 Å². The fourth-order valence-electron chi connectivity index (χ4n) is 2.64. The van der Waals surface area contributed by atoms with Crippen LogP contribution in [0.4, 0.5) is 0 Å². The molecule has 0 N–H and O–H groups in total. The van der Waals surface area contributed by atoms with Crippen molar-refractivity contribution in [1.29, 1.82) is 0 Å². The van der Waals surface area contributed by atoms with Crippen LogP contribution in [0.1, 0.15) is 54.0 Å². The van der Waals surface area contributed by atoms with Crippen LogP contribution >= 0.6 is 0 Å². The van der Waals surface area contributed by atoms with Crippen LogP contribution in [-0.2, 0) is 19.1 Å². The van der Waals surface area contributed by atoms with Crippen LogP contribution in [0.2, 0.25) is 18.1 Å².